The molecule has 0 radical (unpaired) electrons. The zero-order valence-corrected chi connectivity index (χ0v) is 11.3. The number of hydrogen-bond donors (Lipinski definition) is 1. The molecular formula is C15H20FN3. The molecule has 1 aromatic carbocycles. The maximum Gasteiger partial charge on any atom is 0.143 e. The Morgan fingerprint density at radius 3 is 2.79 bits per heavy atom. The topological polar surface area (TPSA) is 39.1 Å². The van der Waals surface area contributed by atoms with Crippen LogP contribution in [0.4, 0.5) is 10.1 Å². The van der Waals surface area contributed by atoms with E-state index in [0.717, 1.165) is 39.0 Å². The van der Waals surface area contributed by atoms with Crippen molar-refractivity contribution in [2.75, 3.05) is 31.5 Å². The minimum absolute atomic E-state index is 0.119. The standard InChI is InChI=1S/C15H20FN3/c1-2-19-8-6-12(7-9-19)11-18-15-5-3-4-14(16)13(15)10-17/h3-5,12,18H,2,6-9,11H2,1H3. The summed E-state index contributed by atoms with van der Waals surface area (Å²) in [7, 11) is 0. The second-order valence-electron chi connectivity index (χ2n) is 5.03. The Morgan fingerprint density at radius 1 is 1.42 bits per heavy atom. The zero-order chi connectivity index (χ0) is 13.7. The SMILES string of the molecule is CCN1CCC(CNc2cccc(F)c2C#N)CC1. The minimum Gasteiger partial charge on any atom is -0.384 e. The fraction of sp³-hybridized carbons (Fsp3) is 0.533. The normalized spacial score (nSPS) is 17.1. The van der Waals surface area contributed by atoms with Crippen molar-refractivity contribution in [3.63, 3.8) is 0 Å². The molecule has 0 amide bonds. The Bertz CT molecular complexity index is 459. The summed E-state index contributed by atoms with van der Waals surface area (Å²) in [5, 5.41) is 12.2. The number of anilines is 1. The lowest BCUT2D eigenvalue weighted by Crippen LogP contribution is -2.35. The van der Waals surface area contributed by atoms with Crippen molar-refractivity contribution >= 4 is 5.69 Å². The predicted molar refractivity (Wildman–Crippen MR) is 74.4 cm³/mol. The molecule has 1 heterocycles. The Morgan fingerprint density at radius 2 is 2.16 bits per heavy atom. The van der Waals surface area contributed by atoms with Crippen LogP contribution in [0, 0.1) is 23.1 Å². The maximum absolute atomic E-state index is 13.4. The molecule has 102 valence electrons. The van der Waals surface area contributed by atoms with Crippen molar-refractivity contribution < 1.29 is 4.39 Å². The van der Waals surface area contributed by atoms with Crippen molar-refractivity contribution in [2.24, 2.45) is 5.92 Å². The third-order valence-corrected chi connectivity index (χ3v) is 3.86. The average Bonchev–Trinajstić information content (AvgIpc) is 2.45. The minimum atomic E-state index is -0.451. The van der Waals surface area contributed by atoms with Gasteiger partial charge < -0.3 is 10.2 Å². The average molecular weight is 261 g/mol. The summed E-state index contributed by atoms with van der Waals surface area (Å²) in [6, 6.07) is 6.65. The van der Waals surface area contributed by atoms with Crippen LogP contribution in [0.3, 0.4) is 0 Å². The summed E-state index contributed by atoms with van der Waals surface area (Å²) < 4.78 is 13.4. The molecular weight excluding hydrogens is 241 g/mol. The van der Waals surface area contributed by atoms with E-state index < -0.39 is 5.82 Å². The molecule has 0 spiro atoms. The van der Waals surface area contributed by atoms with Crippen LogP contribution in [0.25, 0.3) is 0 Å². The maximum atomic E-state index is 13.4. The van der Waals surface area contributed by atoms with Crippen LogP contribution in [0.2, 0.25) is 0 Å². The molecule has 0 aromatic heterocycles. The van der Waals surface area contributed by atoms with Gasteiger partial charge in [0.2, 0.25) is 0 Å². The molecule has 1 fully saturated rings. The lowest BCUT2D eigenvalue weighted by Gasteiger charge is -2.31. The van der Waals surface area contributed by atoms with Crippen molar-refractivity contribution in [3.8, 4) is 6.07 Å². The van der Waals surface area contributed by atoms with Crippen LogP contribution in [0.15, 0.2) is 18.2 Å². The van der Waals surface area contributed by atoms with Crippen LogP contribution in [0.1, 0.15) is 25.3 Å². The van der Waals surface area contributed by atoms with Gasteiger partial charge in [-0.2, -0.15) is 5.26 Å². The Hall–Kier alpha value is -1.60. The number of halogens is 1. The third kappa shape index (κ3) is 3.45. The Balaban J connectivity index is 1.90. The summed E-state index contributed by atoms with van der Waals surface area (Å²) in [5.74, 6) is 0.158. The van der Waals surface area contributed by atoms with E-state index in [2.05, 4.69) is 17.1 Å². The molecule has 3 nitrogen and oxygen atoms in total. The van der Waals surface area contributed by atoms with Gasteiger partial charge >= 0.3 is 0 Å². The van der Waals surface area contributed by atoms with Gasteiger partial charge in [-0.15, -0.1) is 0 Å². The fourth-order valence-electron chi connectivity index (χ4n) is 2.55. The van der Waals surface area contributed by atoms with Crippen LogP contribution in [-0.4, -0.2) is 31.1 Å². The van der Waals surface area contributed by atoms with Gasteiger partial charge in [-0.3, -0.25) is 0 Å². The molecule has 0 saturated carbocycles. The van der Waals surface area contributed by atoms with Crippen molar-refractivity contribution in [3.05, 3.63) is 29.6 Å². The summed E-state index contributed by atoms with van der Waals surface area (Å²) in [6.07, 6.45) is 2.33. The van der Waals surface area contributed by atoms with E-state index in [1.165, 1.54) is 6.07 Å². The second-order valence-corrected chi connectivity index (χ2v) is 5.03. The molecule has 1 N–H and O–H groups in total. The highest BCUT2D eigenvalue weighted by Crippen LogP contribution is 2.21. The van der Waals surface area contributed by atoms with E-state index in [-0.39, 0.29) is 5.56 Å². The molecule has 1 saturated heterocycles. The summed E-state index contributed by atoms with van der Waals surface area (Å²) >= 11 is 0. The molecule has 0 bridgehead atoms. The monoisotopic (exact) mass is 261 g/mol. The first-order chi connectivity index (χ1) is 9.24. The van der Waals surface area contributed by atoms with Crippen molar-refractivity contribution in [1.29, 1.82) is 5.26 Å². The highest BCUT2D eigenvalue weighted by molar-refractivity contribution is 5.57. The lowest BCUT2D eigenvalue weighted by molar-refractivity contribution is 0.198. The van der Waals surface area contributed by atoms with Crippen molar-refractivity contribution in [2.45, 2.75) is 19.8 Å². The van der Waals surface area contributed by atoms with E-state index in [9.17, 15) is 4.39 Å². The Kier molecular flexibility index (Phi) is 4.75. The smallest absolute Gasteiger partial charge is 0.143 e. The lowest BCUT2D eigenvalue weighted by atomic mass is 9.96. The van der Waals surface area contributed by atoms with Gasteiger partial charge in [0.15, 0.2) is 0 Å². The third-order valence-electron chi connectivity index (χ3n) is 3.86. The summed E-state index contributed by atoms with van der Waals surface area (Å²) in [4.78, 5) is 2.44. The molecule has 0 unspecified atom stereocenters. The fourth-order valence-corrected chi connectivity index (χ4v) is 2.55. The van der Waals surface area contributed by atoms with Gasteiger partial charge in [0.05, 0.1) is 5.69 Å². The van der Waals surface area contributed by atoms with Gasteiger partial charge in [-0.05, 0) is 50.5 Å². The quantitative estimate of drug-likeness (QED) is 0.906. The van der Waals surface area contributed by atoms with Gasteiger partial charge in [0.25, 0.3) is 0 Å². The number of nitrogens with one attached hydrogen (secondary N) is 1. The molecule has 1 aromatic rings. The van der Waals surface area contributed by atoms with Crippen molar-refractivity contribution in [1.82, 2.24) is 4.90 Å². The van der Waals surface area contributed by atoms with E-state index in [0.29, 0.717) is 11.6 Å². The number of nitrogens with zero attached hydrogens (tertiary/aromatic N) is 2. The summed E-state index contributed by atoms with van der Waals surface area (Å²) in [6.45, 7) is 6.39. The van der Waals surface area contributed by atoms with Gasteiger partial charge in [-0.25, -0.2) is 4.39 Å². The number of hydrogen-bond acceptors (Lipinski definition) is 3. The first-order valence-electron chi connectivity index (χ1n) is 6.89. The van der Waals surface area contributed by atoms with Crippen LogP contribution < -0.4 is 5.32 Å². The van der Waals surface area contributed by atoms with E-state index in [1.54, 1.807) is 12.1 Å². The molecule has 1 aliphatic heterocycles. The Labute approximate surface area is 114 Å². The van der Waals surface area contributed by atoms with Crippen LogP contribution in [-0.2, 0) is 0 Å². The second kappa shape index (κ2) is 6.53. The first kappa shape index (κ1) is 13.8. The number of rotatable bonds is 4. The molecule has 1 aliphatic rings. The van der Waals surface area contributed by atoms with Crippen LogP contribution in [0.5, 0.6) is 0 Å². The predicted octanol–water partition coefficient (Wildman–Crippen LogP) is 2.84. The van der Waals surface area contributed by atoms with Gasteiger partial charge in [0, 0.05) is 6.54 Å². The largest absolute Gasteiger partial charge is 0.384 e. The molecule has 2 rings (SSSR count). The highest BCUT2D eigenvalue weighted by atomic mass is 19.1. The van der Waals surface area contributed by atoms with Crippen LogP contribution >= 0.6 is 0 Å². The van der Waals surface area contributed by atoms with Gasteiger partial charge in [-0.1, -0.05) is 13.0 Å². The van der Waals surface area contributed by atoms with E-state index in [1.807, 2.05) is 6.07 Å². The highest BCUT2D eigenvalue weighted by Gasteiger charge is 2.18. The first-order valence-corrected chi connectivity index (χ1v) is 6.89. The molecule has 19 heavy (non-hydrogen) atoms. The molecule has 0 atom stereocenters. The molecule has 0 aliphatic carbocycles. The number of likely N-dealkylation sites (tertiary alicyclic amines) is 1. The summed E-state index contributed by atoms with van der Waals surface area (Å²) in [5.41, 5.74) is 0.730. The number of nitriles is 1. The molecule has 4 heteroatoms. The zero-order valence-electron chi connectivity index (χ0n) is 11.3. The van der Waals surface area contributed by atoms with E-state index >= 15 is 0 Å². The van der Waals surface area contributed by atoms with Gasteiger partial charge in [0.1, 0.15) is 17.4 Å². The number of benzene rings is 1. The number of piperidine rings is 1. The van der Waals surface area contributed by atoms with E-state index in [4.69, 9.17) is 5.26 Å².